The van der Waals surface area contributed by atoms with Crippen molar-refractivity contribution in [3.8, 4) is 0 Å². The number of nitrogens with zero attached hydrogens (tertiary/aromatic N) is 1. The van der Waals surface area contributed by atoms with Gasteiger partial charge in [-0.2, -0.15) is 0 Å². The van der Waals surface area contributed by atoms with Gasteiger partial charge in [-0.15, -0.1) is 0 Å². The minimum Gasteiger partial charge on any atom is -0.310 e. The molecule has 1 aromatic carbocycles. The topological polar surface area (TPSA) is 26.0 Å². The Morgan fingerprint density at radius 1 is 1.23 bits per heavy atom. The molecule has 0 fully saturated rings. The van der Waals surface area contributed by atoms with Crippen LogP contribution >= 0.6 is 0 Å². The molecule has 72 valence electrons. The average Bonchev–Trinajstić information content (AvgIpc) is 2.05. The Bertz CT molecular complexity index is 252. The van der Waals surface area contributed by atoms with E-state index >= 15 is 0 Å². The highest BCUT2D eigenvalue weighted by molar-refractivity contribution is 5.13. The van der Waals surface area contributed by atoms with Gasteiger partial charge in [0.05, 0.1) is 14.1 Å². The molecule has 0 bridgehead atoms. The van der Waals surface area contributed by atoms with Crippen molar-refractivity contribution < 1.29 is 4.48 Å². The molecule has 0 radical (unpaired) electrons. The fraction of sp³-hybridized carbons (Fsp3) is 0.455. The zero-order chi connectivity index (χ0) is 9.90. The van der Waals surface area contributed by atoms with E-state index in [0.717, 1.165) is 11.0 Å². The molecule has 0 aliphatic carbocycles. The predicted octanol–water partition coefficient (Wildman–Crippen LogP) is 1.57. The minimum atomic E-state index is 0.167. The summed E-state index contributed by atoms with van der Waals surface area (Å²) in [5.74, 6) is 0. The van der Waals surface area contributed by atoms with E-state index in [1.807, 2.05) is 13.0 Å². The van der Waals surface area contributed by atoms with E-state index in [1.165, 1.54) is 5.56 Å². The van der Waals surface area contributed by atoms with Gasteiger partial charge in [-0.25, -0.2) is 0 Å². The Morgan fingerprint density at radius 3 is 2.23 bits per heavy atom. The first kappa shape index (κ1) is 10.2. The van der Waals surface area contributed by atoms with Crippen LogP contribution in [0.2, 0.25) is 0 Å². The van der Waals surface area contributed by atoms with Gasteiger partial charge in [-0.05, 0) is 0 Å². The van der Waals surface area contributed by atoms with E-state index in [2.05, 4.69) is 38.4 Å². The molecular weight excluding hydrogens is 160 g/mol. The summed E-state index contributed by atoms with van der Waals surface area (Å²) in [6.07, 6.45) is 0.167. The van der Waals surface area contributed by atoms with Crippen molar-refractivity contribution in [2.24, 2.45) is 5.73 Å². The van der Waals surface area contributed by atoms with Gasteiger partial charge in [0.25, 0.3) is 0 Å². The molecule has 1 aromatic rings. The lowest BCUT2D eigenvalue weighted by atomic mass is 10.2. The second kappa shape index (κ2) is 3.90. The molecule has 1 unspecified atom stereocenters. The molecule has 0 saturated carbocycles. The molecule has 0 aromatic heterocycles. The van der Waals surface area contributed by atoms with Crippen molar-refractivity contribution in [1.82, 2.24) is 0 Å². The maximum absolute atomic E-state index is 5.89. The molecule has 13 heavy (non-hydrogen) atoms. The van der Waals surface area contributed by atoms with Crippen LogP contribution in [-0.2, 0) is 6.54 Å². The lowest BCUT2D eigenvalue weighted by Gasteiger charge is -2.33. The molecule has 0 aliphatic heterocycles. The molecule has 2 N–H and O–H groups in total. The van der Waals surface area contributed by atoms with Gasteiger partial charge < -0.3 is 4.48 Å². The summed E-state index contributed by atoms with van der Waals surface area (Å²) in [4.78, 5) is 0. The third kappa shape index (κ3) is 2.83. The van der Waals surface area contributed by atoms with Crippen LogP contribution in [0.25, 0.3) is 0 Å². The van der Waals surface area contributed by atoms with Gasteiger partial charge in [0.2, 0.25) is 0 Å². The maximum atomic E-state index is 5.89. The first-order valence-corrected chi connectivity index (χ1v) is 4.64. The molecular formula is C11H19N2+. The van der Waals surface area contributed by atoms with Gasteiger partial charge in [0.15, 0.2) is 0 Å². The Kier molecular flexibility index (Phi) is 3.07. The molecule has 0 heterocycles. The second-order valence-corrected chi connectivity index (χ2v) is 4.16. The fourth-order valence-corrected chi connectivity index (χ4v) is 1.20. The zero-order valence-corrected chi connectivity index (χ0v) is 8.70. The molecule has 0 saturated heterocycles. The van der Waals surface area contributed by atoms with Crippen molar-refractivity contribution >= 4 is 0 Å². The van der Waals surface area contributed by atoms with Crippen LogP contribution < -0.4 is 5.73 Å². The lowest BCUT2D eigenvalue weighted by Crippen LogP contribution is -2.51. The first-order valence-electron chi connectivity index (χ1n) is 4.64. The van der Waals surface area contributed by atoms with Crippen LogP contribution in [0.1, 0.15) is 12.5 Å². The normalized spacial score (nSPS) is 14.2. The smallest absolute Gasteiger partial charge is 0.137 e. The average molecular weight is 179 g/mol. The summed E-state index contributed by atoms with van der Waals surface area (Å²) in [6, 6.07) is 10.5. The summed E-state index contributed by atoms with van der Waals surface area (Å²) in [5.41, 5.74) is 7.23. The molecule has 2 nitrogen and oxygen atoms in total. The van der Waals surface area contributed by atoms with Gasteiger partial charge in [-0.1, -0.05) is 30.3 Å². The van der Waals surface area contributed by atoms with E-state index < -0.39 is 0 Å². The summed E-state index contributed by atoms with van der Waals surface area (Å²) in [6.45, 7) is 3.03. The van der Waals surface area contributed by atoms with Crippen molar-refractivity contribution in [2.75, 3.05) is 14.1 Å². The highest BCUT2D eigenvalue weighted by atomic mass is 15.4. The van der Waals surface area contributed by atoms with Gasteiger partial charge in [0.1, 0.15) is 12.7 Å². The number of hydrogen-bond donors (Lipinski definition) is 1. The third-order valence-electron chi connectivity index (χ3n) is 2.54. The van der Waals surface area contributed by atoms with Crippen molar-refractivity contribution in [1.29, 1.82) is 0 Å². The van der Waals surface area contributed by atoms with Crippen molar-refractivity contribution in [3.63, 3.8) is 0 Å². The van der Waals surface area contributed by atoms with E-state index in [9.17, 15) is 0 Å². The summed E-state index contributed by atoms with van der Waals surface area (Å²) in [5, 5.41) is 0. The summed E-state index contributed by atoms with van der Waals surface area (Å²) in [7, 11) is 4.30. The predicted molar refractivity (Wildman–Crippen MR) is 55.9 cm³/mol. The highest BCUT2D eigenvalue weighted by Crippen LogP contribution is 2.10. The van der Waals surface area contributed by atoms with Crippen molar-refractivity contribution in [3.05, 3.63) is 35.9 Å². The van der Waals surface area contributed by atoms with Gasteiger partial charge in [0, 0.05) is 12.5 Å². The maximum Gasteiger partial charge on any atom is 0.137 e. The molecule has 0 aliphatic rings. The molecule has 2 heteroatoms. The molecule has 0 spiro atoms. The largest absolute Gasteiger partial charge is 0.310 e. The fourth-order valence-electron chi connectivity index (χ4n) is 1.20. The quantitative estimate of drug-likeness (QED) is 0.553. The SMILES string of the molecule is CC(N)[N+](C)(C)Cc1ccccc1. The second-order valence-electron chi connectivity index (χ2n) is 4.16. The number of nitrogens with two attached hydrogens (primary N) is 1. The first-order chi connectivity index (χ1) is 6.02. The number of hydrogen-bond acceptors (Lipinski definition) is 1. The molecule has 0 amide bonds. The van der Waals surface area contributed by atoms with E-state index in [4.69, 9.17) is 5.73 Å². The standard InChI is InChI=1S/C11H19N2/c1-10(12)13(2,3)9-11-7-5-4-6-8-11/h4-8,10H,9,12H2,1-3H3/q+1. The number of quaternary nitrogens is 1. The van der Waals surface area contributed by atoms with Crippen LogP contribution in [-0.4, -0.2) is 24.7 Å². The van der Waals surface area contributed by atoms with E-state index in [1.54, 1.807) is 0 Å². The monoisotopic (exact) mass is 179 g/mol. The van der Waals surface area contributed by atoms with E-state index in [-0.39, 0.29) is 6.17 Å². The number of rotatable bonds is 3. The Hall–Kier alpha value is -0.860. The summed E-state index contributed by atoms with van der Waals surface area (Å²) < 4.78 is 0.823. The van der Waals surface area contributed by atoms with Crippen LogP contribution in [0, 0.1) is 0 Å². The van der Waals surface area contributed by atoms with Crippen LogP contribution in [0.15, 0.2) is 30.3 Å². The van der Waals surface area contributed by atoms with Gasteiger partial charge >= 0.3 is 0 Å². The molecule has 1 atom stereocenters. The lowest BCUT2D eigenvalue weighted by molar-refractivity contribution is -0.925. The third-order valence-corrected chi connectivity index (χ3v) is 2.54. The van der Waals surface area contributed by atoms with E-state index in [0.29, 0.717) is 0 Å². The van der Waals surface area contributed by atoms with Crippen LogP contribution in [0.3, 0.4) is 0 Å². The summed E-state index contributed by atoms with van der Waals surface area (Å²) >= 11 is 0. The Morgan fingerprint density at radius 2 is 1.77 bits per heavy atom. The molecule has 1 rings (SSSR count). The van der Waals surface area contributed by atoms with Gasteiger partial charge in [-0.3, -0.25) is 5.73 Å². The minimum absolute atomic E-state index is 0.167. The zero-order valence-electron chi connectivity index (χ0n) is 8.70. The Labute approximate surface area is 80.6 Å². The Balaban J connectivity index is 2.69. The highest BCUT2D eigenvalue weighted by Gasteiger charge is 2.19. The van der Waals surface area contributed by atoms with Crippen LogP contribution in [0.5, 0.6) is 0 Å². The van der Waals surface area contributed by atoms with Crippen LogP contribution in [0.4, 0.5) is 0 Å². The van der Waals surface area contributed by atoms with Crippen molar-refractivity contribution in [2.45, 2.75) is 19.6 Å². The number of benzene rings is 1.